The van der Waals surface area contributed by atoms with Gasteiger partial charge in [-0.15, -0.1) is 11.8 Å². The number of hydrogen-bond donors (Lipinski definition) is 1. The van der Waals surface area contributed by atoms with Gasteiger partial charge in [0.05, 0.1) is 17.6 Å². The fourth-order valence-electron chi connectivity index (χ4n) is 1.83. The molecule has 5 nitrogen and oxygen atoms in total. The van der Waals surface area contributed by atoms with Crippen molar-refractivity contribution in [3.8, 4) is 0 Å². The number of thioether (sulfide) groups is 1. The lowest BCUT2D eigenvalue weighted by molar-refractivity contribution is -0.136. The average molecular weight is 293 g/mol. The number of fused-ring (bicyclic) bond motifs is 1. The van der Waals surface area contributed by atoms with Crippen LogP contribution >= 0.6 is 11.8 Å². The summed E-state index contributed by atoms with van der Waals surface area (Å²) in [6.45, 7) is 8.23. The summed E-state index contributed by atoms with van der Waals surface area (Å²) in [4.78, 5) is 15.1. The van der Waals surface area contributed by atoms with Crippen LogP contribution in [-0.2, 0) is 10.2 Å². The summed E-state index contributed by atoms with van der Waals surface area (Å²) in [5.74, 6) is -0.791. The van der Waals surface area contributed by atoms with Gasteiger partial charge in [-0.2, -0.15) is 5.10 Å². The molecule has 2 aromatic heterocycles. The first-order chi connectivity index (χ1) is 9.27. The third-order valence-corrected chi connectivity index (χ3v) is 4.00. The number of aliphatic carboxylic acids is 1. The molecule has 2 aromatic rings. The Bertz CT molecular complexity index is 631. The van der Waals surface area contributed by atoms with Gasteiger partial charge in [-0.3, -0.25) is 4.79 Å². The molecule has 0 radical (unpaired) electrons. The van der Waals surface area contributed by atoms with Gasteiger partial charge in [0.25, 0.3) is 0 Å². The maximum absolute atomic E-state index is 10.7. The topological polar surface area (TPSA) is 67.5 Å². The molecule has 0 saturated carbocycles. The zero-order valence-corrected chi connectivity index (χ0v) is 12.9. The quantitative estimate of drug-likeness (QED) is 0.878. The molecular formula is C14H19N3O2S. The van der Waals surface area contributed by atoms with Crippen LogP contribution < -0.4 is 0 Å². The van der Waals surface area contributed by atoms with Gasteiger partial charge >= 0.3 is 5.97 Å². The number of carbonyl (C=O) groups is 1. The Hall–Kier alpha value is -1.56. The van der Waals surface area contributed by atoms with Crippen LogP contribution in [0.4, 0.5) is 0 Å². The molecule has 1 unspecified atom stereocenters. The van der Waals surface area contributed by atoms with Crippen LogP contribution in [-0.4, -0.2) is 30.9 Å². The summed E-state index contributed by atoms with van der Waals surface area (Å²) >= 11 is 1.47. The summed E-state index contributed by atoms with van der Waals surface area (Å²) in [5.41, 5.74) is 1.90. The van der Waals surface area contributed by atoms with Crippen molar-refractivity contribution in [3.63, 3.8) is 0 Å². The Labute approximate surface area is 122 Å². The zero-order chi connectivity index (χ0) is 14.9. The Morgan fingerprint density at radius 2 is 2.20 bits per heavy atom. The molecule has 1 atom stereocenters. The van der Waals surface area contributed by atoms with Crippen molar-refractivity contribution >= 4 is 23.2 Å². The largest absolute Gasteiger partial charge is 0.481 e. The number of aromatic nitrogens is 3. The first-order valence-corrected chi connectivity index (χ1v) is 7.38. The van der Waals surface area contributed by atoms with Crippen LogP contribution in [0.2, 0.25) is 0 Å². The Morgan fingerprint density at radius 1 is 1.50 bits per heavy atom. The Morgan fingerprint density at radius 3 is 2.80 bits per heavy atom. The molecule has 108 valence electrons. The van der Waals surface area contributed by atoms with Crippen LogP contribution in [0.15, 0.2) is 23.5 Å². The monoisotopic (exact) mass is 293 g/mol. The number of carboxylic acids is 1. The van der Waals surface area contributed by atoms with Crippen LogP contribution in [0.25, 0.3) is 5.52 Å². The van der Waals surface area contributed by atoms with Gasteiger partial charge in [-0.1, -0.05) is 27.7 Å². The third-order valence-electron chi connectivity index (χ3n) is 2.90. The highest BCUT2D eigenvalue weighted by atomic mass is 32.2. The molecule has 0 saturated heterocycles. The second-order valence-corrected chi connectivity index (χ2v) is 7.30. The van der Waals surface area contributed by atoms with E-state index in [9.17, 15) is 4.79 Å². The molecule has 0 amide bonds. The number of hydrogen-bond acceptors (Lipinski definition) is 4. The summed E-state index contributed by atoms with van der Waals surface area (Å²) in [7, 11) is 0. The maximum Gasteiger partial charge on any atom is 0.304 e. The fraction of sp³-hybridized carbons (Fsp3) is 0.500. The van der Waals surface area contributed by atoms with E-state index in [0.29, 0.717) is 0 Å². The van der Waals surface area contributed by atoms with E-state index in [2.05, 4.69) is 30.9 Å². The van der Waals surface area contributed by atoms with Crippen molar-refractivity contribution in [2.24, 2.45) is 0 Å². The molecule has 0 aliphatic rings. The van der Waals surface area contributed by atoms with E-state index in [1.54, 1.807) is 6.20 Å². The Kier molecular flexibility index (Phi) is 4.04. The lowest BCUT2D eigenvalue weighted by Gasteiger charge is -2.13. The highest BCUT2D eigenvalue weighted by Crippen LogP contribution is 2.29. The fourth-order valence-corrected chi connectivity index (χ4v) is 2.84. The Balaban J connectivity index is 2.34. The number of rotatable bonds is 4. The molecule has 0 spiro atoms. The maximum atomic E-state index is 10.7. The van der Waals surface area contributed by atoms with Gasteiger partial charge in [0.1, 0.15) is 5.03 Å². The van der Waals surface area contributed by atoms with Crippen molar-refractivity contribution < 1.29 is 9.90 Å². The minimum Gasteiger partial charge on any atom is -0.481 e. The highest BCUT2D eigenvalue weighted by Gasteiger charge is 2.20. The first-order valence-electron chi connectivity index (χ1n) is 6.50. The minimum absolute atomic E-state index is 0.0271. The van der Waals surface area contributed by atoms with Crippen molar-refractivity contribution in [1.82, 2.24) is 14.6 Å². The number of carboxylic acid groups (broad SMARTS) is 1. The number of nitrogens with zero attached hydrogens (tertiary/aromatic N) is 3. The standard InChI is InChI=1S/C14H19N3O2S/c1-9(7-12(18)19)20-13-10-8-11(14(2,3)4)16-17(10)6-5-15-13/h5-6,8-9H,7H2,1-4H3,(H,18,19). The molecule has 0 aliphatic carbocycles. The van der Waals surface area contributed by atoms with E-state index in [-0.39, 0.29) is 17.1 Å². The predicted octanol–water partition coefficient (Wildman–Crippen LogP) is 2.98. The third kappa shape index (κ3) is 3.30. The van der Waals surface area contributed by atoms with E-state index in [1.807, 2.05) is 23.7 Å². The second-order valence-electron chi connectivity index (χ2n) is 5.87. The summed E-state index contributed by atoms with van der Waals surface area (Å²) in [6, 6.07) is 2.03. The summed E-state index contributed by atoms with van der Waals surface area (Å²) in [5, 5.41) is 14.2. The smallest absolute Gasteiger partial charge is 0.304 e. The molecule has 2 heterocycles. The van der Waals surface area contributed by atoms with E-state index in [1.165, 1.54) is 11.8 Å². The predicted molar refractivity (Wildman–Crippen MR) is 79.3 cm³/mol. The molecule has 0 aromatic carbocycles. The molecule has 6 heteroatoms. The summed E-state index contributed by atoms with van der Waals surface area (Å²) < 4.78 is 1.81. The molecule has 0 bridgehead atoms. The highest BCUT2D eigenvalue weighted by molar-refractivity contribution is 8.00. The van der Waals surface area contributed by atoms with Crippen LogP contribution in [0.3, 0.4) is 0 Å². The lowest BCUT2D eigenvalue weighted by Crippen LogP contribution is -2.11. The second kappa shape index (κ2) is 5.44. The van der Waals surface area contributed by atoms with Gasteiger partial charge in [0.15, 0.2) is 0 Å². The van der Waals surface area contributed by atoms with E-state index in [0.717, 1.165) is 16.2 Å². The van der Waals surface area contributed by atoms with Crippen LogP contribution in [0.1, 0.15) is 39.8 Å². The lowest BCUT2D eigenvalue weighted by atomic mass is 9.92. The minimum atomic E-state index is -0.791. The molecule has 20 heavy (non-hydrogen) atoms. The van der Waals surface area contributed by atoms with Gasteiger partial charge in [0.2, 0.25) is 0 Å². The average Bonchev–Trinajstić information content (AvgIpc) is 2.72. The van der Waals surface area contributed by atoms with Gasteiger partial charge in [-0.05, 0) is 6.07 Å². The van der Waals surface area contributed by atoms with Crippen LogP contribution in [0, 0.1) is 0 Å². The molecular weight excluding hydrogens is 274 g/mol. The summed E-state index contributed by atoms with van der Waals surface area (Å²) in [6.07, 6.45) is 3.63. The van der Waals surface area contributed by atoms with Crippen LogP contribution in [0.5, 0.6) is 0 Å². The van der Waals surface area contributed by atoms with Gasteiger partial charge < -0.3 is 5.11 Å². The van der Waals surface area contributed by atoms with E-state index in [4.69, 9.17) is 5.11 Å². The van der Waals surface area contributed by atoms with Gasteiger partial charge in [0, 0.05) is 23.1 Å². The van der Waals surface area contributed by atoms with Gasteiger partial charge in [-0.25, -0.2) is 9.50 Å². The van der Waals surface area contributed by atoms with E-state index < -0.39 is 5.97 Å². The molecule has 1 N–H and O–H groups in total. The van der Waals surface area contributed by atoms with E-state index >= 15 is 0 Å². The molecule has 0 fully saturated rings. The molecule has 0 aliphatic heterocycles. The van der Waals surface area contributed by atoms with Crippen molar-refractivity contribution in [2.45, 2.75) is 49.8 Å². The SMILES string of the molecule is CC(CC(=O)O)Sc1nccn2nc(C(C)(C)C)cc12. The zero-order valence-electron chi connectivity index (χ0n) is 12.1. The van der Waals surface area contributed by atoms with Crippen molar-refractivity contribution in [1.29, 1.82) is 0 Å². The van der Waals surface area contributed by atoms with Crippen molar-refractivity contribution in [3.05, 3.63) is 24.2 Å². The van der Waals surface area contributed by atoms with Crippen molar-refractivity contribution in [2.75, 3.05) is 0 Å². The first kappa shape index (κ1) is 14.8. The molecule has 2 rings (SSSR count). The normalized spacial score (nSPS) is 13.6.